The maximum Gasteiger partial charge on any atom is 0.252 e. The average Bonchev–Trinajstić information content (AvgIpc) is 3.28. The number of hydrogen-bond donors (Lipinski definition) is 2. The van der Waals surface area contributed by atoms with Gasteiger partial charge in [0.25, 0.3) is 11.8 Å². The minimum absolute atomic E-state index is 0.118. The van der Waals surface area contributed by atoms with Gasteiger partial charge in [-0.05, 0) is 86.6 Å². The van der Waals surface area contributed by atoms with Gasteiger partial charge in [-0.15, -0.1) is 0 Å². The number of benzene rings is 4. The van der Waals surface area contributed by atoms with Crippen LogP contribution in [-0.2, 0) is 0 Å². The largest absolute Gasteiger partial charge is 0.493 e. The number of ether oxygens (including phenoxy) is 4. The molecule has 2 amide bonds. The number of nitrogens with zero attached hydrogens (tertiary/aromatic N) is 4. The van der Waals surface area contributed by atoms with Crippen molar-refractivity contribution in [2.75, 3.05) is 80.8 Å². The van der Waals surface area contributed by atoms with Crippen LogP contribution in [0.15, 0.2) is 97.1 Å². The fourth-order valence-electron chi connectivity index (χ4n) is 7.45. The van der Waals surface area contributed by atoms with Gasteiger partial charge in [-0.3, -0.25) is 9.59 Å². The van der Waals surface area contributed by atoms with Gasteiger partial charge in [0.1, 0.15) is 0 Å². The van der Waals surface area contributed by atoms with Crippen LogP contribution in [0.1, 0.15) is 33.6 Å². The van der Waals surface area contributed by atoms with Crippen LogP contribution in [0.3, 0.4) is 0 Å². The van der Waals surface area contributed by atoms with Gasteiger partial charge in [0.05, 0.1) is 62.0 Å². The smallest absolute Gasteiger partial charge is 0.252 e. The van der Waals surface area contributed by atoms with E-state index in [9.17, 15) is 9.59 Å². The third kappa shape index (κ3) is 9.14. The Balaban J connectivity index is 0.866. The van der Waals surface area contributed by atoms with Crippen molar-refractivity contribution in [2.45, 2.75) is 12.8 Å². The van der Waals surface area contributed by atoms with E-state index in [1.165, 1.54) is 0 Å². The summed E-state index contributed by atoms with van der Waals surface area (Å²) < 4.78 is 21.8. The molecule has 2 N–H and O–H groups in total. The zero-order valence-corrected chi connectivity index (χ0v) is 33.5. The van der Waals surface area contributed by atoms with Crippen molar-refractivity contribution in [3.63, 3.8) is 0 Å². The molecule has 0 spiro atoms. The predicted octanol–water partition coefficient (Wildman–Crippen LogP) is 6.71. The number of fused-ring (bicyclic) bond motifs is 2. The van der Waals surface area contributed by atoms with Gasteiger partial charge in [0, 0.05) is 61.2 Å². The number of amides is 2. The Kier molecular flexibility index (Phi) is 13.0. The van der Waals surface area contributed by atoms with Crippen LogP contribution >= 0.6 is 0 Å². The first-order valence-electron chi connectivity index (χ1n) is 19.6. The molecular formula is C46H50N6O6. The normalized spacial score (nSPS) is 13.3. The number of rotatable bonds is 16. The standard InChI is InChI=1S/C46H50N6O6/c1-55-41-17-15-31(27-43(41)57-3)39-29-35(33-11-5-7-13-37(33)49-39)45(53)47-19-9-21-51-23-25-52(26-24-51)22-10-20-48-46(54)36-30-40(50-38-14-8-6-12-34(36)38)32-16-18-42(56-2)44(28-32)58-4/h5-8,11-18,27-30H,9-10,19-26H2,1-4H3,(H,47,53)(H,48,54). The minimum atomic E-state index is -0.118. The lowest BCUT2D eigenvalue weighted by Gasteiger charge is -2.34. The Morgan fingerprint density at radius 3 is 1.33 bits per heavy atom. The third-order valence-corrected chi connectivity index (χ3v) is 10.6. The highest BCUT2D eigenvalue weighted by atomic mass is 16.5. The van der Waals surface area contributed by atoms with Crippen LogP contribution in [-0.4, -0.2) is 112 Å². The fourth-order valence-corrected chi connectivity index (χ4v) is 7.45. The molecule has 1 saturated heterocycles. The van der Waals surface area contributed by atoms with E-state index < -0.39 is 0 Å². The second-order valence-electron chi connectivity index (χ2n) is 14.2. The fraction of sp³-hybridized carbons (Fsp3) is 0.304. The topological polar surface area (TPSA) is 127 Å². The first kappa shape index (κ1) is 40.0. The van der Waals surface area contributed by atoms with E-state index in [0.717, 1.165) is 85.0 Å². The molecule has 0 atom stereocenters. The third-order valence-electron chi connectivity index (χ3n) is 10.6. The molecule has 0 unspecified atom stereocenters. The van der Waals surface area contributed by atoms with Crippen LogP contribution in [0.25, 0.3) is 44.3 Å². The van der Waals surface area contributed by atoms with Crippen molar-refractivity contribution in [2.24, 2.45) is 0 Å². The first-order valence-corrected chi connectivity index (χ1v) is 19.6. The maximum absolute atomic E-state index is 13.5. The highest BCUT2D eigenvalue weighted by molar-refractivity contribution is 6.08. The average molecular weight is 783 g/mol. The monoisotopic (exact) mass is 782 g/mol. The molecule has 1 aliphatic heterocycles. The van der Waals surface area contributed by atoms with Crippen molar-refractivity contribution >= 4 is 33.6 Å². The van der Waals surface area contributed by atoms with Crippen LogP contribution < -0.4 is 29.6 Å². The highest BCUT2D eigenvalue weighted by Gasteiger charge is 2.19. The van der Waals surface area contributed by atoms with Crippen LogP contribution in [0.4, 0.5) is 0 Å². The molecule has 2 aromatic heterocycles. The SMILES string of the molecule is COc1ccc(-c2cc(C(=O)NCCCN3CCN(CCCNC(=O)c4cc(-c5ccc(OC)c(OC)c5)nc5ccccc45)CC3)c3ccccc3n2)cc1OC. The quantitative estimate of drug-likeness (QED) is 0.102. The maximum atomic E-state index is 13.5. The van der Waals surface area contributed by atoms with Crippen molar-refractivity contribution in [3.8, 4) is 45.5 Å². The summed E-state index contributed by atoms with van der Waals surface area (Å²) in [6, 6.07) is 30.4. The molecule has 300 valence electrons. The Bertz CT molecular complexity index is 2230. The summed E-state index contributed by atoms with van der Waals surface area (Å²) in [7, 11) is 6.41. The van der Waals surface area contributed by atoms with Crippen LogP contribution in [0.5, 0.6) is 23.0 Å². The second-order valence-corrected chi connectivity index (χ2v) is 14.2. The minimum Gasteiger partial charge on any atom is -0.493 e. The van der Waals surface area contributed by atoms with Gasteiger partial charge in [0.15, 0.2) is 23.0 Å². The zero-order chi connectivity index (χ0) is 40.4. The molecular weight excluding hydrogens is 733 g/mol. The van der Waals surface area contributed by atoms with E-state index in [4.69, 9.17) is 28.9 Å². The molecule has 12 heteroatoms. The van der Waals surface area contributed by atoms with Crippen LogP contribution in [0, 0.1) is 0 Å². The molecule has 6 aromatic rings. The number of piperazine rings is 1. The number of aromatic nitrogens is 2. The lowest BCUT2D eigenvalue weighted by atomic mass is 10.0. The van der Waals surface area contributed by atoms with Gasteiger partial charge in [-0.25, -0.2) is 9.97 Å². The lowest BCUT2D eigenvalue weighted by molar-refractivity contribution is 0.0936. The number of pyridine rings is 2. The second kappa shape index (κ2) is 18.8. The predicted molar refractivity (Wildman–Crippen MR) is 227 cm³/mol. The lowest BCUT2D eigenvalue weighted by Crippen LogP contribution is -2.47. The number of carbonyl (C=O) groups is 2. The molecule has 0 bridgehead atoms. The van der Waals surface area contributed by atoms with E-state index in [2.05, 4.69) is 20.4 Å². The van der Waals surface area contributed by atoms with Crippen molar-refractivity contribution in [3.05, 3.63) is 108 Å². The molecule has 58 heavy (non-hydrogen) atoms. The summed E-state index contributed by atoms with van der Waals surface area (Å²) in [6.07, 6.45) is 1.70. The van der Waals surface area contributed by atoms with Crippen molar-refractivity contribution < 1.29 is 28.5 Å². The number of methoxy groups -OCH3 is 4. The Morgan fingerprint density at radius 1 is 0.534 bits per heavy atom. The summed E-state index contributed by atoms with van der Waals surface area (Å²) in [4.78, 5) is 41.7. The van der Waals surface area contributed by atoms with E-state index in [0.29, 0.717) is 58.6 Å². The molecule has 7 rings (SSSR count). The van der Waals surface area contributed by atoms with Gasteiger partial charge in [0.2, 0.25) is 0 Å². The summed E-state index contributed by atoms with van der Waals surface area (Å²) in [5, 5.41) is 7.92. The van der Waals surface area contributed by atoms with Gasteiger partial charge in [-0.2, -0.15) is 0 Å². The Hall–Kier alpha value is -6.24. The molecule has 12 nitrogen and oxygen atoms in total. The van der Waals surface area contributed by atoms with E-state index in [1.54, 1.807) is 28.4 Å². The van der Waals surface area contributed by atoms with Gasteiger partial charge < -0.3 is 39.4 Å². The van der Waals surface area contributed by atoms with Crippen LogP contribution in [0.2, 0.25) is 0 Å². The Morgan fingerprint density at radius 2 is 0.931 bits per heavy atom. The number of hydrogen-bond acceptors (Lipinski definition) is 10. The van der Waals surface area contributed by atoms with E-state index in [1.807, 2.05) is 97.1 Å². The molecule has 0 radical (unpaired) electrons. The van der Waals surface area contributed by atoms with E-state index >= 15 is 0 Å². The molecule has 3 heterocycles. The molecule has 0 aliphatic carbocycles. The van der Waals surface area contributed by atoms with Gasteiger partial charge in [-0.1, -0.05) is 36.4 Å². The zero-order valence-electron chi connectivity index (χ0n) is 33.5. The summed E-state index contributed by atoms with van der Waals surface area (Å²) in [5.74, 6) is 2.23. The molecule has 1 aliphatic rings. The van der Waals surface area contributed by atoms with Crippen molar-refractivity contribution in [1.29, 1.82) is 0 Å². The summed E-state index contributed by atoms with van der Waals surface area (Å²) in [6.45, 7) is 6.82. The summed E-state index contributed by atoms with van der Waals surface area (Å²) >= 11 is 0. The molecule has 4 aromatic carbocycles. The number of carbonyl (C=O) groups excluding carboxylic acids is 2. The highest BCUT2D eigenvalue weighted by Crippen LogP contribution is 2.34. The first-order chi connectivity index (χ1) is 28.4. The van der Waals surface area contributed by atoms with Crippen molar-refractivity contribution in [1.82, 2.24) is 30.4 Å². The molecule has 1 fully saturated rings. The summed E-state index contributed by atoms with van der Waals surface area (Å²) in [5.41, 5.74) is 5.74. The number of para-hydroxylation sites is 2. The van der Waals surface area contributed by atoms with E-state index in [-0.39, 0.29) is 11.8 Å². The Labute approximate surface area is 339 Å². The molecule has 0 saturated carbocycles. The number of nitrogens with one attached hydrogen (secondary N) is 2. The van der Waals surface area contributed by atoms with Gasteiger partial charge >= 0.3 is 0 Å².